The van der Waals surface area contributed by atoms with E-state index >= 15 is 0 Å². The zero-order valence-corrected chi connectivity index (χ0v) is 12.6. The number of nitrogens with zero attached hydrogens (tertiary/aromatic N) is 3. The monoisotopic (exact) mass is 271 g/mol. The lowest BCUT2D eigenvalue weighted by Gasteiger charge is -2.26. The molecule has 1 heterocycles. The van der Waals surface area contributed by atoms with E-state index in [-0.39, 0.29) is 5.69 Å². The molecule has 2 aromatic rings. The van der Waals surface area contributed by atoms with E-state index in [2.05, 4.69) is 38.0 Å². The van der Waals surface area contributed by atoms with Crippen molar-refractivity contribution < 1.29 is 0 Å². The number of benzene rings is 1. The summed E-state index contributed by atoms with van der Waals surface area (Å²) in [7, 11) is 1.72. The fourth-order valence-electron chi connectivity index (χ4n) is 2.90. The highest BCUT2D eigenvalue weighted by atomic mass is 16.2. The lowest BCUT2D eigenvalue weighted by molar-refractivity contribution is 0.251. The number of hydrogen-bond acceptors (Lipinski definition) is 2. The molecule has 0 spiro atoms. The van der Waals surface area contributed by atoms with E-state index in [1.165, 1.54) is 20.4 Å². The molecule has 0 bridgehead atoms. The van der Waals surface area contributed by atoms with Crippen LogP contribution in [0.5, 0.6) is 0 Å². The van der Waals surface area contributed by atoms with E-state index in [0.717, 1.165) is 18.5 Å². The molecule has 3 rings (SSSR count). The molecule has 0 saturated carbocycles. The van der Waals surface area contributed by atoms with Gasteiger partial charge in [-0.2, -0.15) is 9.78 Å². The van der Waals surface area contributed by atoms with Crippen molar-refractivity contribution in [2.45, 2.75) is 33.6 Å². The maximum Gasteiger partial charge on any atom is 0.350 e. The van der Waals surface area contributed by atoms with Gasteiger partial charge in [-0.3, -0.25) is 4.57 Å². The standard InChI is InChI=1S/C16H21N3O/c1-16(2,3)13-7-11-5-6-14(9-12(11)8-13)19-15(20)18(4)10-17-19/h5-6,9-10,13H,7-8H2,1-4H3. The summed E-state index contributed by atoms with van der Waals surface area (Å²) in [6.07, 6.45) is 3.78. The molecule has 1 aromatic heterocycles. The highest BCUT2D eigenvalue weighted by Crippen LogP contribution is 2.38. The topological polar surface area (TPSA) is 39.8 Å². The van der Waals surface area contributed by atoms with Gasteiger partial charge in [0.1, 0.15) is 6.33 Å². The molecule has 0 amide bonds. The second-order valence-corrected chi connectivity index (χ2v) is 6.86. The minimum atomic E-state index is -0.102. The van der Waals surface area contributed by atoms with E-state index in [1.807, 2.05) is 6.07 Å². The molecular weight excluding hydrogens is 250 g/mol. The van der Waals surface area contributed by atoms with Crippen LogP contribution in [-0.4, -0.2) is 14.3 Å². The van der Waals surface area contributed by atoms with Gasteiger partial charge >= 0.3 is 5.69 Å². The van der Waals surface area contributed by atoms with Gasteiger partial charge in [0.25, 0.3) is 0 Å². The van der Waals surface area contributed by atoms with Gasteiger partial charge in [-0.25, -0.2) is 4.79 Å². The Morgan fingerprint density at radius 2 is 1.90 bits per heavy atom. The molecule has 1 aliphatic carbocycles. The molecule has 106 valence electrons. The Bertz CT molecular complexity index is 703. The van der Waals surface area contributed by atoms with Gasteiger partial charge < -0.3 is 0 Å². The molecule has 1 aliphatic rings. The average Bonchev–Trinajstić information content (AvgIpc) is 2.93. The van der Waals surface area contributed by atoms with Crippen molar-refractivity contribution in [1.29, 1.82) is 0 Å². The van der Waals surface area contributed by atoms with E-state index < -0.39 is 0 Å². The number of rotatable bonds is 1. The first kappa shape index (κ1) is 13.2. The molecule has 1 unspecified atom stereocenters. The first-order chi connectivity index (χ1) is 9.36. The molecule has 4 heteroatoms. The van der Waals surface area contributed by atoms with Gasteiger partial charge in [0, 0.05) is 7.05 Å². The van der Waals surface area contributed by atoms with E-state index in [0.29, 0.717) is 11.3 Å². The molecule has 20 heavy (non-hydrogen) atoms. The van der Waals surface area contributed by atoms with Crippen LogP contribution in [-0.2, 0) is 19.9 Å². The summed E-state index contributed by atoms with van der Waals surface area (Å²) in [5.74, 6) is 0.674. The minimum absolute atomic E-state index is 0.102. The van der Waals surface area contributed by atoms with Crippen molar-refractivity contribution >= 4 is 0 Å². The molecule has 0 aliphatic heterocycles. The molecule has 4 nitrogen and oxygen atoms in total. The largest absolute Gasteiger partial charge is 0.350 e. The van der Waals surface area contributed by atoms with Gasteiger partial charge in [0.05, 0.1) is 5.69 Å². The van der Waals surface area contributed by atoms with Crippen LogP contribution in [0, 0.1) is 11.3 Å². The predicted molar refractivity (Wildman–Crippen MR) is 79.2 cm³/mol. The van der Waals surface area contributed by atoms with Crippen molar-refractivity contribution in [1.82, 2.24) is 14.3 Å². The predicted octanol–water partition coefficient (Wildman–Crippen LogP) is 2.33. The third-order valence-electron chi connectivity index (χ3n) is 4.42. The summed E-state index contributed by atoms with van der Waals surface area (Å²) in [5, 5.41) is 4.15. The lowest BCUT2D eigenvalue weighted by atomic mass is 9.79. The van der Waals surface area contributed by atoms with E-state index in [9.17, 15) is 4.79 Å². The van der Waals surface area contributed by atoms with Crippen LogP contribution in [0.2, 0.25) is 0 Å². The number of fused-ring (bicyclic) bond motifs is 1. The lowest BCUT2D eigenvalue weighted by Crippen LogP contribution is -2.21. The Morgan fingerprint density at radius 3 is 2.50 bits per heavy atom. The van der Waals surface area contributed by atoms with Gasteiger partial charge in [0.2, 0.25) is 0 Å². The van der Waals surface area contributed by atoms with Crippen molar-refractivity contribution in [2.24, 2.45) is 18.4 Å². The Hall–Kier alpha value is -1.84. The smallest absolute Gasteiger partial charge is 0.284 e. The molecule has 0 radical (unpaired) electrons. The highest BCUT2D eigenvalue weighted by molar-refractivity contribution is 5.43. The van der Waals surface area contributed by atoms with E-state index in [1.54, 1.807) is 13.4 Å². The molecule has 0 fully saturated rings. The van der Waals surface area contributed by atoms with Gasteiger partial charge in [-0.15, -0.1) is 0 Å². The molecule has 0 N–H and O–H groups in total. The summed E-state index contributed by atoms with van der Waals surface area (Å²) in [6.45, 7) is 6.90. The Labute approximate surface area is 119 Å². The van der Waals surface area contributed by atoms with Crippen LogP contribution in [0.15, 0.2) is 29.3 Å². The number of hydrogen-bond donors (Lipinski definition) is 0. The normalized spacial score (nSPS) is 18.3. The molecule has 1 atom stereocenters. The Balaban J connectivity index is 1.97. The summed E-state index contributed by atoms with van der Waals surface area (Å²) < 4.78 is 2.95. The van der Waals surface area contributed by atoms with Crippen molar-refractivity contribution in [3.63, 3.8) is 0 Å². The zero-order chi connectivity index (χ0) is 14.5. The Morgan fingerprint density at radius 1 is 1.20 bits per heavy atom. The third-order valence-corrected chi connectivity index (χ3v) is 4.42. The third kappa shape index (κ3) is 2.09. The summed E-state index contributed by atoms with van der Waals surface area (Å²) in [6, 6.07) is 6.27. The maximum absolute atomic E-state index is 12.0. The van der Waals surface area contributed by atoms with Crippen molar-refractivity contribution in [3.8, 4) is 5.69 Å². The van der Waals surface area contributed by atoms with Crippen LogP contribution in [0.3, 0.4) is 0 Å². The summed E-state index contributed by atoms with van der Waals surface area (Å²) in [4.78, 5) is 12.0. The molecule has 0 saturated heterocycles. The highest BCUT2D eigenvalue weighted by Gasteiger charge is 2.31. The second kappa shape index (κ2) is 4.33. The van der Waals surface area contributed by atoms with Gasteiger partial charge in [-0.1, -0.05) is 26.8 Å². The summed E-state index contributed by atoms with van der Waals surface area (Å²) in [5.41, 5.74) is 3.86. The van der Waals surface area contributed by atoms with Gasteiger partial charge in [0.15, 0.2) is 0 Å². The van der Waals surface area contributed by atoms with Crippen LogP contribution in [0.4, 0.5) is 0 Å². The van der Waals surface area contributed by atoms with Crippen LogP contribution in [0.1, 0.15) is 31.9 Å². The number of aromatic nitrogens is 3. The van der Waals surface area contributed by atoms with Crippen molar-refractivity contribution in [3.05, 3.63) is 46.1 Å². The molecular formula is C16H21N3O. The fraction of sp³-hybridized carbons (Fsp3) is 0.500. The van der Waals surface area contributed by atoms with Crippen LogP contribution >= 0.6 is 0 Å². The first-order valence-corrected chi connectivity index (χ1v) is 7.09. The SMILES string of the molecule is Cn1cnn(-c2ccc3c(c2)CC(C(C)(C)C)C3)c1=O. The summed E-state index contributed by atoms with van der Waals surface area (Å²) >= 11 is 0. The maximum atomic E-state index is 12.0. The minimum Gasteiger partial charge on any atom is -0.284 e. The van der Waals surface area contributed by atoms with Crippen molar-refractivity contribution in [2.75, 3.05) is 0 Å². The number of aryl methyl sites for hydroxylation is 1. The first-order valence-electron chi connectivity index (χ1n) is 7.09. The Kier molecular flexibility index (Phi) is 2.85. The van der Waals surface area contributed by atoms with Gasteiger partial charge in [-0.05, 0) is 47.4 Å². The average molecular weight is 271 g/mol. The molecule has 1 aromatic carbocycles. The van der Waals surface area contributed by atoms with E-state index in [4.69, 9.17) is 0 Å². The zero-order valence-electron chi connectivity index (χ0n) is 12.6. The van der Waals surface area contributed by atoms with Crippen LogP contribution < -0.4 is 5.69 Å². The fourth-order valence-corrected chi connectivity index (χ4v) is 2.90. The second-order valence-electron chi connectivity index (χ2n) is 6.86. The van der Waals surface area contributed by atoms with Crippen LogP contribution in [0.25, 0.3) is 5.69 Å². The quantitative estimate of drug-likeness (QED) is 0.798.